The van der Waals surface area contributed by atoms with Gasteiger partial charge in [0, 0.05) is 4.47 Å². The number of aromatic amines is 1. The van der Waals surface area contributed by atoms with Crippen LogP contribution in [0.3, 0.4) is 0 Å². The predicted octanol–water partition coefficient (Wildman–Crippen LogP) is 2.18. The standard InChI is InChI=1S/C12H9BrN4O/c1-7-15-11-10(12(18)16-7)6-14-17(11)9-4-2-8(13)3-5-9/h2-6H,1H3,(H,15,16,18). The van der Waals surface area contributed by atoms with Crippen molar-refractivity contribution < 1.29 is 0 Å². The highest BCUT2D eigenvalue weighted by molar-refractivity contribution is 9.10. The largest absolute Gasteiger partial charge is 0.310 e. The van der Waals surface area contributed by atoms with Gasteiger partial charge in [-0.2, -0.15) is 5.10 Å². The van der Waals surface area contributed by atoms with Crippen LogP contribution in [0.25, 0.3) is 16.7 Å². The van der Waals surface area contributed by atoms with Crippen LogP contribution in [0.4, 0.5) is 0 Å². The van der Waals surface area contributed by atoms with E-state index in [0.717, 1.165) is 10.2 Å². The molecule has 18 heavy (non-hydrogen) atoms. The normalized spacial score (nSPS) is 11.0. The van der Waals surface area contributed by atoms with Gasteiger partial charge in [-0.25, -0.2) is 9.67 Å². The van der Waals surface area contributed by atoms with Gasteiger partial charge in [0.2, 0.25) is 0 Å². The van der Waals surface area contributed by atoms with Gasteiger partial charge in [-0.15, -0.1) is 0 Å². The molecule has 0 bridgehead atoms. The Morgan fingerprint density at radius 2 is 2.00 bits per heavy atom. The average molecular weight is 305 g/mol. The van der Waals surface area contributed by atoms with Crippen molar-refractivity contribution in [2.24, 2.45) is 0 Å². The van der Waals surface area contributed by atoms with E-state index in [9.17, 15) is 4.79 Å². The molecule has 1 N–H and O–H groups in total. The maximum Gasteiger partial charge on any atom is 0.262 e. The summed E-state index contributed by atoms with van der Waals surface area (Å²) in [6.07, 6.45) is 1.53. The summed E-state index contributed by atoms with van der Waals surface area (Å²) in [5, 5.41) is 4.71. The summed E-state index contributed by atoms with van der Waals surface area (Å²) >= 11 is 3.38. The van der Waals surface area contributed by atoms with E-state index >= 15 is 0 Å². The van der Waals surface area contributed by atoms with Gasteiger partial charge in [0.25, 0.3) is 5.56 Å². The number of hydrogen-bond acceptors (Lipinski definition) is 3. The first-order valence-corrected chi connectivity index (χ1v) is 6.15. The minimum absolute atomic E-state index is 0.166. The van der Waals surface area contributed by atoms with Crippen molar-refractivity contribution >= 4 is 27.0 Å². The number of aromatic nitrogens is 4. The molecule has 90 valence electrons. The molecule has 0 saturated heterocycles. The number of nitrogens with zero attached hydrogens (tertiary/aromatic N) is 3. The van der Waals surface area contributed by atoms with Crippen LogP contribution in [0.15, 0.2) is 39.7 Å². The third-order valence-corrected chi connectivity index (χ3v) is 3.16. The molecule has 6 heteroatoms. The van der Waals surface area contributed by atoms with Crippen LogP contribution >= 0.6 is 15.9 Å². The highest BCUT2D eigenvalue weighted by Gasteiger charge is 2.09. The molecule has 0 atom stereocenters. The molecule has 0 aliphatic carbocycles. The van der Waals surface area contributed by atoms with Crippen LogP contribution in [0.2, 0.25) is 0 Å². The first-order valence-electron chi connectivity index (χ1n) is 5.36. The van der Waals surface area contributed by atoms with E-state index in [1.807, 2.05) is 24.3 Å². The van der Waals surface area contributed by atoms with Crippen LogP contribution in [-0.4, -0.2) is 19.7 Å². The summed E-state index contributed by atoms with van der Waals surface area (Å²) in [5.74, 6) is 0.575. The van der Waals surface area contributed by atoms with Crippen molar-refractivity contribution in [3.05, 3.63) is 51.1 Å². The first kappa shape index (κ1) is 11.2. The topological polar surface area (TPSA) is 63.6 Å². The highest BCUT2D eigenvalue weighted by Crippen LogP contribution is 2.16. The summed E-state index contributed by atoms with van der Waals surface area (Å²) in [4.78, 5) is 18.7. The number of fused-ring (bicyclic) bond motifs is 1. The van der Waals surface area contributed by atoms with Crippen LogP contribution in [-0.2, 0) is 0 Å². The summed E-state index contributed by atoms with van der Waals surface area (Å²) in [5.41, 5.74) is 1.27. The third-order valence-electron chi connectivity index (χ3n) is 2.63. The van der Waals surface area contributed by atoms with E-state index in [2.05, 4.69) is 31.0 Å². The minimum Gasteiger partial charge on any atom is -0.310 e. The number of rotatable bonds is 1. The number of aryl methyl sites for hydroxylation is 1. The Balaban J connectivity index is 2.30. The van der Waals surface area contributed by atoms with E-state index in [1.165, 1.54) is 6.20 Å². The van der Waals surface area contributed by atoms with Gasteiger partial charge < -0.3 is 4.98 Å². The van der Waals surface area contributed by atoms with E-state index in [4.69, 9.17) is 0 Å². The Bertz CT molecular complexity index is 773. The molecule has 0 radical (unpaired) electrons. The number of hydrogen-bond donors (Lipinski definition) is 1. The fourth-order valence-electron chi connectivity index (χ4n) is 1.80. The van der Waals surface area contributed by atoms with Crippen molar-refractivity contribution in [3.8, 4) is 5.69 Å². The molecule has 3 rings (SSSR count). The number of nitrogens with one attached hydrogen (secondary N) is 1. The maximum atomic E-state index is 11.7. The van der Waals surface area contributed by atoms with Gasteiger partial charge in [-0.1, -0.05) is 15.9 Å². The quantitative estimate of drug-likeness (QED) is 0.749. The Morgan fingerprint density at radius 1 is 1.28 bits per heavy atom. The number of benzene rings is 1. The molecule has 0 spiro atoms. The van der Waals surface area contributed by atoms with Crippen LogP contribution in [0.5, 0.6) is 0 Å². The zero-order valence-electron chi connectivity index (χ0n) is 9.51. The molecule has 3 aromatic rings. The van der Waals surface area contributed by atoms with Crippen molar-refractivity contribution in [2.45, 2.75) is 6.92 Å². The van der Waals surface area contributed by atoms with Gasteiger partial charge in [0.05, 0.1) is 11.9 Å². The van der Waals surface area contributed by atoms with E-state index in [1.54, 1.807) is 11.6 Å². The summed E-state index contributed by atoms with van der Waals surface area (Å²) < 4.78 is 2.65. The van der Waals surface area contributed by atoms with Gasteiger partial charge in [-0.3, -0.25) is 4.79 Å². The zero-order valence-corrected chi connectivity index (χ0v) is 11.1. The summed E-state index contributed by atoms with van der Waals surface area (Å²) in [6, 6.07) is 7.66. The van der Waals surface area contributed by atoms with E-state index in [-0.39, 0.29) is 5.56 Å². The lowest BCUT2D eigenvalue weighted by atomic mass is 10.3. The Hall–Kier alpha value is -1.95. The van der Waals surface area contributed by atoms with Crippen LogP contribution < -0.4 is 5.56 Å². The molecule has 0 amide bonds. The van der Waals surface area contributed by atoms with Gasteiger partial charge in [0.1, 0.15) is 11.2 Å². The number of H-pyrrole nitrogens is 1. The summed E-state index contributed by atoms with van der Waals surface area (Å²) in [7, 11) is 0. The fraction of sp³-hybridized carbons (Fsp3) is 0.0833. The smallest absolute Gasteiger partial charge is 0.262 e. The molecule has 2 aromatic heterocycles. The molecular formula is C12H9BrN4O. The lowest BCUT2D eigenvalue weighted by Gasteiger charge is -2.03. The molecule has 0 aliphatic heterocycles. The van der Waals surface area contributed by atoms with Crippen molar-refractivity contribution in [1.29, 1.82) is 0 Å². The second-order valence-corrected chi connectivity index (χ2v) is 4.84. The molecule has 0 unspecified atom stereocenters. The van der Waals surface area contributed by atoms with E-state index < -0.39 is 0 Å². The maximum absolute atomic E-state index is 11.7. The van der Waals surface area contributed by atoms with Crippen LogP contribution in [0, 0.1) is 6.92 Å². The van der Waals surface area contributed by atoms with Gasteiger partial charge in [-0.05, 0) is 31.2 Å². The molecule has 5 nitrogen and oxygen atoms in total. The molecule has 1 aromatic carbocycles. The third kappa shape index (κ3) is 1.74. The zero-order chi connectivity index (χ0) is 12.7. The molecule has 0 saturated carbocycles. The fourth-order valence-corrected chi connectivity index (χ4v) is 2.06. The van der Waals surface area contributed by atoms with E-state index in [0.29, 0.717) is 16.9 Å². The minimum atomic E-state index is -0.166. The van der Waals surface area contributed by atoms with Crippen LogP contribution in [0.1, 0.15) is 5.82 Å². The van der Waals surface area contributed by atoms with Gasteiger partial charge >= 0.3 is 0 Å². The van der Waals surface area contributed by atoms with Gasteiger partial charge in [0.15, 0.2) is 5.65 Å². The lowest BCUT2D eigenvalue weighted by Crippen LogP contribution is -2.10. The lowest BCUT2D eigenvalue weighted by molar-refractivity contribution is 0.888. The molecule has 2 heterocycles. The number of halogens is 1. The van der Waals surface area contributed by atoms with Crippen molar-refractivity contribution in [2.75, 3.05) is 0 Å². The SMILES string of the molecule is Cc1nc2c(cnn2-c2ccc(Br)cc2)c(=O)[nH]1. The Labute approximate surface area is 111 Å². The monoisotopic (exact) mass is 304 g/mol. The Kier molecular flexibility index (Phi) is 2.52. The van der Waals surface area contributed by atoms with Crippen molar-refractivity contribution in [1.82, 2.24) is 19.7 Å². The van der Waals surface area contributed by atoms with Crippen molar-refractivity contribution in [3.63, 3.8) is 0 Å². The Morgan fingerprint density at radius 3 is 2.72 bits per heavy atom. The predicted molar refractivity (Wildman–Crippen MR) is 71.9 cm³/mol. The molecule has 0 aliphatic rings. The molecular weight excluding hydrogens is 296 g/mol. The second kappa shape index (κ2) is 4.06. The molecule has 0 fully saturated rings. The average Bonchev–Trinajstić information content (AvgIpc) is 2.74. The summed E-state index contributed by atoms with van der Waals surface area (Å²) in [6.45, 7) is 1.75. The first-order chi connectivity index (χ1) is 8.65. The second-order valence-electron chi connectivity index (χ2n) is 3.92. The highest BCUT2D eigenvalue weighted by atomic mass is 79.9.